The number of guanidine groups is 1. The first-order chi connectivity index (χ1) is 11.3. The van der Waals surface area contributed by atoms with E-state index in [1.807, 2.05) is 25.2 Å². The number of methoxy groups -OCH3 is 2. The van der Waals surface area contributed by atoms with Gasteiger partial charge in [-0.3, -0.25) is 4.99 Å². The number of nitrogens with zero attached hydrogens (tertiary/aromatic N) is 2. The number of nitrogens with one attached hydrogen (secondary N) is 2. The SMILES string of the molecule is CN=C(NCCNC(C)(C)C)N(C)Cc1ccc(OC)cc1OC.I. The van der Waals surface area contributed by atoms with E-state index in [1.165, 1.54) is 0 Å². The molecular weight excluding hydrogens is 431 g/mol. The summed E-state index contributed by atoms with van der Waals surface area (Å²) in [4.78, 5) is 6.42. The molecule has 0 aromatic heterocycles. The molecule has 1 aromatic rings. The fourth-order valence-corrected chi connectivity index (χ4v) is 2.31. The van der Waals surface area contributed by atoms with Crippen molar-refractivity contribution in [2.45, 2.75) is 32.9 Å². The summed E-state index contributed by atoms with van der Waals surface area (Å²) in [6.45, 7) is 8.85. The molecule has 0 aliphatic carbocycles. The van der Waals surface area contributed by atoms with Gasteiger partial charge < -0.3 is 25.0 Å². The van der Waals surface area contributed by atoms with E-state index in [4.69, 9.17) is 9.47 Å². The molecule has 1 aromatic carbocycles. The maximum absolute atomic E-state index is 5.46. The number of rotatable bonds is 7. The van der Waals surface area contributed by atoms with Crippen LogP contribution in [0.4, 0.5) is 0 Å². The standard InChI is InChI=1S/C18H32N4O2.HI/c1-18(2,3)21-11-10-20-17(19-4)22(5)13-14-8-9-15(23-6)12-16(14)24-7;/h8-9,12,21H,10-11,13H2,1-7H3,(H,19,20);1H. The van der Waals surface area contributed by atoms with Crippen molar-refractivity contribution in [3.8, 4) is 11.5 Å². The molecule has 1 rings (SSSR count). The third kappa shape index (κ3) is 8.62. The number of hydrogen-bond acceptors (Lipinski definition) is 4. The molecule has 0 atom stereocenters. The van der Waals surface area contributed by atoms with Crippen LogP contribution >= 0.6 is 24.0 Å². The van der Waals surface area contributed by atoms with Crippen LogP contribution in [0.1, 0.15) is 26.3 Å². The smallest absolute Gasteiger partial charge is 0.193 e. The van der Waals surface area contributed by atoms with E-state index in [2.05, 4.69) is 41.3 Å². The van der Waals surface area contributed by atoms with E-state index in [0.717, 1.165) is 36.1 Å². The Balaban J connectivity index is 0.00000576. The highest BCUT2D eigenvalue weighted by atomic mass is 127. The maximum atomic E-state index is 5.46. The Bertz CT molecular complexity index is 544. The molecule has 0 amide bonds. The van der Waals surface area contributed by atoms with Crippen molar-refractivity contribution in [1.82, 2.24) is 15.5 Å². The van der Waals surface area contributed by atoms with Crippen molar-refractivity contribution in [3.63, 3.8) is 0 Å². The summed E-state index contributed by atoms with van der Waals surface area (Å²) in [6.07, 6.45) is 0. The van der Waals surface area contributed by atoms with E-state index in [0.29, 0.717) is 6.54 Å². The van der Waals surface area contributed by atoms with Crippen LogP contribution in [0.2, 0.25) is 0 Å². The maximum Gasteiger partial charge on any atom is 0.193 e. The topological polar surface area (TPSA) is 58.1 Å². The molecule has 7 heteroatoms. The van der Waals surface area contributed by atoms with Crippen LogP contribution in [0.15, 0.2) is 23.2 Å². The zero-order valence-corrected chi connectivity index (χ0v) is 18.8. The zero-order chi connectivity index (χ0) is 18.2. The average molecular weight is 464 g/mol. The number of halogens is 1. The second-order valence-electron chi connectivity index (χ2n) is 6.68. The third-order valence-corrected chi connectivity index (χ3v) is 3.54. The molecule has 0 bridgehead atoms. The summed E-state index contributed by atoms with van der Waals surface area (Å²) in [6, 6.07) is 5.85. The van der Waals surface area contributed by atoms with Gasteiger partial charge in [-0.25, -0.2) is 0 Å². The van der Waals surface area contributed by atoms with Crippen LogP contribution in [-0.4, -0.2) is 57.8 Å². The molecule has 25 heavy (non-hydrogen) atoms. The quantitative estimate of drug-likeness (QED) is 0.281. The van der Waals surface area contributed by atoms with Gasteiger partial charge in [-0.05, 0) is 32.9 Å². The molecule has 144 valence electrons. The lowest BCUT2D eigenvalue weighted by Gasteiger charge is -2.25. The first-order valence-electron chi connectivity index (χ1n) is 8.18. The molecular formula is C18H33IN4O2. The number of aliphatic imine (C=N–C) groups is 1. The van der Waals surface area contributed by atoms with Crippen LogP contribution in [0, 0.1) is 0 Å². The lowest BCUT2D eigenvalue weighted by atomic mass is 10.1. The molecule has 2 N–H and O–H groups in total. The highest BCUT2D eigenvalue weighted by Crippen LogP contribution is 2.25. The fourth-order valence-electron chi connectivity index (χ4n) is 2.31. The molecule has 0 saturated carbocycles. The predicted octanol–water partition coefficient (Wildman–Crippen LogP) is 2.72. The molecule has 0 spiro atoms. The van der Waals surface area contributed by atoms with Gasteiger partial charge in [0.1, 0.15) is 11.5 Å². The van der Waals surface area contributed by atoms with Crippen molar-refractivity contribution in [3.05, 3.63) is 23.8 Å². The van der Waals surface area contributed by atoms with Gasteiger partial charge in [0.15, 0.2) is 5.96 Å². The van der Waals surface area contributed by atoms with Gasteiger partial charge in [-0.1, -0.05) is 0 Å². The Kier molecular flexibility index (Phi) is 10.8. The minimum absolute atomic E-state index is 0. The Morgan fingerprint density at radius 2 is 1.84 bits per heavy atom. The first kappa shape index (κ1) is 23.8. The minimum Gasteiger partial charge on any atom is -0.497 e. The Morgan fingerprint density at radius 1 is 1.16 bits per heavy atom. The Hall–Kier alpha value is -1.22. The van der Waals surface area contributed by atoms with Crippen LogP contribution in [0.25, 0.3) is 0 Å². The molecule has 0 fully saturated rings. The Labute approximate surface area is 169 Å². The van der Waals surface area contributed by atoms with Gasteiger partial charge in [0.05, 0.1) is 14.2 Å². The van der Waals surface area contributed by atoms with E-state index in [9.17, 15) is 0 Å². The van der Waals surface area contributed by atoms with Crippen LogP contribution < -0.4 is 20.1 Å². The second kappa shape index (κ2) is 11.4. The second-order valence-corrected chi connectivity index (χ2v) is 6.68. The molecule has 0 heterocycles. The van der Waals surface area contributed by atoms with Crippen LogP contribution in [-0.2, 0) is 6.54 Å². The summed E-state index contributed by atoms with van der Waals surface area (Å²) >= 11 is 0. The minimum atomic E-state index is 0. The Morgan fingerprint density at radius 3 is 2.36 bits per heavy atom. The normalized spacial score (nSPS) is 11.6. The van der Waals surface area contributed by atoms with Crippen molar-refractivity contribution in [2.24, 2.45) is 4.99 Å². The fraction of sp³-hybridized carbons (Fsp3) is 0.611. The third-order valence-electron chi connectivity index (χ3n) is 3.54. The summed E-state index contributed by atoms with van der Waals surface area (Å²) in [7, 11) is 7.12. The summed E-state index contributed by atoms with van der Waals surface area (Å²) < 4.78 is 10.7. The van der Waals surface area contributed by atoms with Crippen molar-refractivity contribution < 1.29 is 9.47 Å². The molecule has 0 aliphatic rings. The first-order valence-corrected chi connectivity index (χ1v) is 8.18. The number of ether oxygens (including phenoxy) is 2. The van der Waals surface area contributed by atoms with Crippen molar-refractivity contribution >= 4 is 29.9 Å². The van der Waals surface area contributed by atoms with Gasteiger partial charge in [0.2, 0.25) is 0 Å². The van der Waals surface area contributed by atoms with Gasteiger partial charge in [-0.2, -0.15) is 0 Å². The van der Waals surface area contributed by atoms with Crippen LogP contribution in [0.5, 0.6) is 11.5 Å². The largest absolute Gasteiger partial charge is 0.497 e. The highest BCUT2D eigenvalue weighted by Gasteiger charge is 2.12. The average Bonchev–Trinajstić information content (AvgIpc) is 2.54. The summed E-state index contributed by atoms with van der Waals surface area (Å²) in [5.41, 5.74) is 1.20. The van der Waals surface area contributed by atoms with E-state index >= 15 is 0 Å². The summed E-state index contributed by atoms with van der Waals surface area (Å²) in [5, 5.41) is 6.82. The molecule has 0 radical (unpaired) electrons. The van der Waals surface area contributed by atoms with Crippen LogP contribution in [0.3, 0.4) is 0 Å². The monoisotopic (exact) mass is 464 g/mol. The summed E-state index contributed by atoms with van der Waals surface area (Å²) in [5.74, 6) is 2.45. The number of benzene rings is 1. The van der Waals surface area contributed by atoms with E-state index in [1.54, 1.807) is 21.3 Å². The van der Waals surface area contributed by atoms with Crippen molar-refractivity contribution in [1.29, 1.82) is 0 Å². The molecule has 6 nitrogen and oxygen atoms in total. The lowest BCUT2D eigenvalue weighted by Crippen LogP contribution is -2.44. The zero-order valence-electron chi connectivity index (χ0n) is 16.5. The molecule has 0 aliphatic heterocycles. The van der Waals surface area contributed by atoms with Gasteiger partial charge in [0.25, 0.3) is 0 Å². The molecule has 0 unspecified atom stereocenters. The van der Waals surface area contributed by atoms with E-state index < -0.39 is 0 Å². The predicted molar refractivity (Wildman–Crippen MR) is 116 cm³/mol. The molecule has 0 saturated heterocycles. The lowest BCUT2D eigenvalue weighted by molar-refractivity contribution is 0.382. The van der Waals surface area contributed by atoms with Gasteiger partial charge >= 0.3 is 0 Å². The van der Waals surface area contributed by atoms with Gasteiger partial charge in [-0.15, -0.1) is 24.0 Å². The van der Waals surface area contributed by atoms with E-state index in [-0.39, 0.29) is 29.5 Å². The van der Waals surface area contributed by atoms with Crippen molar-refractivity contribution in [2.75, 3.05) is 41.4 Å². The van der Waals surface area contributed by atoms with Gasteiger partial charge in [0, 0.05) is 50.9 Å². The highest BCUT2D eigenvalue weighted by molar-refractivity contribution is 14.0. The number of hydrogen-bond donors (Lipinski definition) is 2.